The van der Waals surface area contributed by atoms with Crippen molar-refractivity contribution in [2.24, 2.45) is 0 Å². The van der Waals surface area contributed by atoms with Crippen molar-refractivity contribution in [3.05, 3.63) is 16.2 Å². The monoisotopic (exact) mass is 327 g/mol. The van der Waals surface area contributed by atoms with Crippen molar-refractivity contribution in [3.63, 3.8) is 0 Å². The number of nitrogens with zero attached hydrogens (tertiary/aromatic N) is 1. The van der Waals surface area contributed by atoms with Crippen molar-refractivity contribution in [1.82, 2.24) is 4.72 Å². The van der Waals surface area contributed by atoms with Crippen LogP contribution in [-0.2, 0) is 20.8 Å². The van der Waals surface area contributed by atoms with Crippen molar-refractivity contribution >= 4 is 42.8 Å². The molecule has 3 N–H and O–H groups in total. The highest BCUT2D eigenvalue weighted by atomic mass is 32.2. The summed E-state index contributed by atoms with van der Waals surface area (Å²) in [5.74, 6) is 0.155. The number of nitrogen functional groups attached to an aromatic ring is 1. The van der Waals surface area contributed by atoms with Gasteiger partial charge >= 0.3 is 5.69 Å². The molecule has 0 saturated heterocycles. The molecule has 0 radical (unpaired) electrons. The number of anilines is 1. The standard InChI is InChI=1S/C8H13N3O5S3/c1-5(4-18(2)14)10-19(15,16)7-3-6(11(12)13)8(9)17-7/h3,5,10H,4,9H2,1-2H3. The van der Waals surface area contributed by atoms with Gasteiger partial charge in [0.05, 0.1) is 4.92 Å². The third-order valence-electron chi connectivity index (χ3n) is 2.02. The Balaban J connectivity index is 2.98. The third-order valence-corrected chi connectivity index (χ3v) is 6.01. The minimum atomic E-state index is -3.89. The SMILES string of the molecule is CC(CS(C)=O)NS(=O)(=O)c1cc([N+](=O)[O-])c(N)s1. The van der Waals surface area contributed by atoms with Gasteiger partial charge in [-0.1, -0.05) is 11.3 Å². The number of thiophene rings is 1. The van der Waals surface area contributed by atoms with Crippen molar-refractivity contribution < 1.29 is 17.6 Å². The lowest BCUT2D eigenvalue weighted by atomic mass is 10.4. The van der Waals surface area contributed by atoms with Crippen molar-refractivity contribution in [3.8, 4) is 0 Å². The number of rotatable bonds is 6. The molecule has 1 aromatic rings. The van der Waals surface area contributed by atoms with Gasteiger partial charge in [-0.05, 0) is 6.92 Å². The zero-order valence-corrected chi connectivity index (χ0v) is 12.6. The number of nitrogens with two attached hydrogens (primary N) is 1. The van der Waals surface area contributed by atoms with Crippen LogP contribution in [0.2, 0.25) is 0 Å². The maximum atomic E-state index is 11.9. The van der Waals surface area contributed by atoms with Crippen molar-refractivity contribution in [1.29, 1.82) is 0 Å². The summed E-state index contributed by atoms with van der Waals surface area (Å²) in [6, 6.07) is 0.371. The number of nitrogens with one attached hydrogen (secondary N) is 1. The molecule has 0 aliphatic carbocycles. The Labute approximate surface area is 116 Å². The van der Waals surface area contributed by atoms with E-state index in [-0.39, 0.29) is 15.0 Å². The van der Waals surface area contributed by atoms with Gasteiger partial charge in [-0.2, -0.15) is 0 Å². The predicted molar refractivity (Wildman–Crippen MR) is 74.1 cm³/mol. The first kappa shape index (κ1) is 16.0. The molecule has 0 saturated carbocycles. The van der Waals surface area contributed by atoms with Gasteiger partial charge in [0, 0.05) is 34.9 Å². The van der Waals surface area contributed by atoms with Crippen LogP contribution in [0.25, 0.3) is 0 Å². The second-order valence-electron chi connectivity index (χ2n) is 3.83. The normalized spacial score (nSPS) is 15.1. The first-order valence-corrected chi connectivity index (χ1v) is 9.02. The zero-order chi connectivity index (χ0) is 14.8. The largest absolute Gasteiger partial charge is 0.385 e. The zero-order valence-electron chi connectivity index (χ0n) is 10.2. The van der Waals surface area contributed by atoms with Crippen LogP contribution in [0, 0.1) is 10.1 Å². The van der Waals surface area contributed by atoms with E-state index in [1.807, 2.05) is 0 Å². The molecule has 0 spiro atoms. The molecule has 2 unspecified atom stereocenters. The van der Waals surface area contributed by atoms with Crippen LogP contribution in [0.15, 0.2) is 10.3 Å². The Kier molecular flexibility index (Phi) is 5.01. The summed E-state index contributed by atoms with van der Waals surface area (Å²) in [5, 5.41) is 10.4. The van der Waals surface area contributed by atoms with Gasteiger partial charge in [0.15, 0.2) is 5.00 Å². The van der Waals surface area contributed by atoms with E-state index < -0.39 is 37.5 Å². The number of hydrogen-bond donors (Lipinski definition) is 2. The molecular formula is C8H13N3O5S3. The molecular weight excluding hydrogens is 314 g/mol. The first-order valence-electron chi connectivity index (χ1n) is 4.99. The summed E-state index contributed by atoms with van der Waals surface area (Å²) in [4.78, 5) is 9.87. The molecule has 1 rings (SSSR count). The molecule has 11 heteroatoms. The Hall–Kier alpha value is -1.04. The fourth-order valence-corrected chi connectivity index (χ4v) is 4.72. The average molecular weight is 327 g/mol. The molecule has 0 fully saturated rings. The van der Waals surface area contributed by atoms with E-state index in [9.17, 15) is 22.7 Å². The van der Waals surface area contributed by atoms with Gasteiger partial charge in [0.2, 0.25) is 0 Å². The summed E-state index contributed by atoms with van der Waals surface area (Å²) in [6.45, 7) is 1.56. The summed E-state index contributed by atoms with van der Waals surface area (Å²) >= 11 is 0.620. The van der Waals surface area contributed by atoms with E-state index in [1.165, 1.54) is 6.26 Å². The van der Waals surface area contributed by atoms with Crippen LogP contribution in [0.5, 0.6) is 0 Å². The summed E-state index contributed by atoms with van der Waals surface area (Å²) in [5.41, 5.74) is 4.95. The lowest BCUT2D eigenvalue weighted by Crippen LogP contribution is -2.35. The summed E-state index contributed by atoms with van der Waals surface area (Å²) < 4.78 is 36.9. The Morgan fingerprint density at radius 1 is 1.63 bits per heavy atom. The number of sulfonamides is 1. The molecule has 0 aromatic carbocycles. The molecule has 0 amide bonds. The Bertz CT molecular complexity index is 609. The van der Waals surface area contributed by atoms with Gasteiger partial charge in [-0.25, -0.2) is 13.1 Å². The highest BCUT2D eigenvalue weighted by Gasteiger charge is 2.26. The molecule has 1 heterocycles. The minimum Gasteiger partial charge on any atom is -0.385 e. The van der Waals surface area contributed by atoms with Crippen molar-refractivity contribution in [2.45, 2.75) is 17.2 Å². The maximum Gasteiger partial charge on any atom is 0.304 e. The molecule has 0 aliphatic rings. The molecule has 2 atom stereocenters. The quantitative estimate of drug-likeness (QED) is 0.570. The highest BCUT2D eigenvalue weighted by molar-refractivity contribution is 7.91. The highest BCUT2D eigenvalue weighted by Crippen LogP contribution is 2.34. The fraction of sp³-hybridized carbons (Fsp3) is 0.500. The summed E-state index contributed by atoms with van der Waals surface area (Å²) in [6.07, 6.45) is 1.46. The van der Waals surface area contributed by atoms with E-state index in [0.717, 1.165) is 6.07 Å². The molecule has 0 bridgehead atoms. The smallest absolute Gasteiger partial charge is 0.304 e. The lowest BCUT2D eigenvalue weighted by molar-refractivity contribution is -0.383. The fourth-order valence-electron chi connectivity index (χ4n) is 1.36. The average Bonchev–Trinajstić information content (AvgIpc) is 2.58. The van der Waals surface area contributed by atoms with Gasteiger partial charge in [-0.3, -0.25) is 14.3 Å². The second-order valence-corrected chi connectivity index (χ2v) is 8.34. The summed E-state index contributed by atoms with van der Waals surface area (Å²) in [7, 11) is -5.04. The maximum absolute atomic E-state index is 11.9. The van der Waals surface area contributed by atoms with Crippen LogP contribution in [-0.4, -0.2) is 35.6 Å². The molecule has 108 valence electrons. The van der Waals surface area contributed by atoms with Gasteiger partial charge in [0.25, 0.3) is 10.0 Å². The molecule has 1 aromatic heterocycles. The van der Waals surface area contributed by atoms with Gasteiger partial charge in [-0.15, -0.1) is 0 Å². The lowest BCUT2D eigenvalue weighted by Gasteiger charge is -2.11. The third kappa shape index (κ3) is 4.23. The van der Waals surface area contributed by atoms with E-state index >= 15 is 0 Å². The van der Waals surface area contributed by atoms with E-state index in [0.29, 0.717) is 11.3 Å². The Morgan fingerprint density at radius 3 is 2.63 bits per heavy atom. The molecule has 0 aliphatic heterocycles. The van der Waals surface area contributed by atoms with Gasteiger partial charge in [0.1, 0.15) is 4.21 Å². The minimum absolute atomic E-state index is 0.155. The number of hydrogen-bond acceptors (Lipinski definition) is 7. The van der Waals surface area contributed by atoms with Crippen LogP contribution in [0.1, 0.15) is 6.92 Å². The molecule has 8 nitrogen and oxygen atoms in total. The topological polar surface area (TPSA) is 132 Å². The van der Waals surface area contributed by atoms with Crippen molar-refractivity contribution in [2.75, 3.05) is 17.7 Å². The van der Waals surface area contributed by atoms with E-state index in [2.05, 4.69) is 4.72 Å². The van der Waals surface area contributed by atoms with Gasteiger partial charge < -0.3 is 5.73 Å². The first-order chi connectivity index (χ1) is 8.63. The van der Waals surface area contributed by atoms with E-state index in [1.54, 1.807) is 6.92 Å². The van der Waals surface area contributed by atoms with Crippen LogP contribution >= 0.6 is 11.3 Å². The van der Waals surface area contributed by atoms with Crippen LogP contribution in [0.3, 0.4) is 0 Å². The molecule has 19 heavy (non-hydrogen) atoms. The Morgan fingerprint density at radius 2 is 2.21 bits per heavy atom. The predicted octanol–water partition coefficient (Wildman–Crippen LogP) is 0.284. The van der Waals surface area contributed by atoms with Crippen LogP contribution in [0.4, 0.5) is 10.7 Å². The van der Waals surface area contributed by atoms with E-state index in [4.69, 9.17) is 5.73 Å². The second kappa shape index (κ2) is 5.94. The number of nitro groups is 1. The van der Waals surface area contributed by atoms with Crippen LogP contribution < -0.4 is 10.5 Å².